The summed E-state index contributed by atoms with van der Waals surface area (Å²) in [5.74, 6) is 0. The van der Waals surface area contributed by atoms with Crippen molar-refractivity contribution in [2.75, 3.05) is 5.32 Å². The van der Waals surface area contributed by atoms with Crippen molar-refractivity contribution in [1.82, 2.24) is 0 Å². The summed E-state index contributed by atoms with van der Waals surface area (Å²) in [5, 5.41) is 4.64. The van der Waals surface area contributed by atoms with Crippen molar-refractivity contribution in [2.45, 2.75) is 52.0 Å². The highest BCUT2D eigenvalue weighted by atomic mass is 35.5. The molecule has 0 saturated heterocycles. The van der Waals surface area contributed by atoms with Gasteiger partial charge in [0.15, 0.2) is 0 Å². The molecule has 1 aromatic rings. The monoisotopic (exact) mass is 273 g/mol. The van der Waals surface area contributed by atoms with Gasteiger partial charge in [-0.25, -0.2) is 0 Å². The van der Waals surface area contributed by atoms with E-state index in [1.807, 2.05) is 12.1 Å². The highest BCUT2D eigenvalue weighted by Gasteiger charge is 2.07. The third-order valence-electron chi connectivity index (χ3n) is 2.84. The van der Waals surface area contributed by atoms with Crippen molar-refractivity contribution in [3.8, 4) is 0 Å². The van der Waals surface area contributed by atoms with Crippen molar-refractivity contribution >= 4 is 28.9 Å². The Balaban J connectivity index is 2.39. The van der Waals surface area contributed by atoms with Crippen molar-refractivity contribution < 1.29 is 0 Å². The van der Waals surface area contributed by atoms with Crippen LogP contribution in [0.15, 0.2) is 18.2 Å². The molecular formula is C14H21Cl2N. The van der Waals surface area contributed by atoms with E-state index in [4.69, 9.17) is 23.2 Å². The third kappa shape index (κ3) is 5.18. The topological polar surface area (TPSA) is 12.0 Å². The average Bonchev–Trinajstić information content (AvgIpc) is 2.31. The van der Waals surface area contributed by atoms with Gasteiger partial charge in [0.2, 0.25) is 0 Å². The Morgan fingerprint density at radius 3 is 2.65 bits per heavy atom. The van der Waals surface area contributed by atoms with Gasteiger partial charge in [-0.3, -0.25) is 0 Å². The lowest BCUT2D eigenvalue weighted by Crippen LogP contribution is -2.15. The van der Waals surface area contributed by atoms with Gasteiger partial charge in [-0.1, -0.05) is 61.9 Å². The zero-order valence-electron chi connectivity index (χ0n) is 10.6. The molecule has 1 aromatic carbocycles. The molecule has 0 aliphatic rings. The predicted octanol–water partition coefficient (Wildman–Crippen LogP) is 5.76. The molecule has 0 saturated carbocycles. The first-order valence-electron chi connectivity index (χ1n) is 6.35. The van der Waals surface area contributed by atoms with Crippen LogP contribution in [0.1, 0.15) is 46.0 Å². The Labute approximate surface area is 115 Å². The van der Waals surface area contributed by atoms with Crippen LogP contribution in [-0.4, -0.2) is 6.04 Å². The van der Waals surface area contributed by atoms with Gasteiger partial charge in [0, 0.05) is 6.04 Å². The maximum atomic E-state index is 6.13. The van der Waals surface area contributed by atoms with Crippen LogP contribution in [0, 0.1) is 0 Å². The van der Waals surface area contributed by atoms with Crippen LogP contribution in [0.3, 0.4) is 0 Å². The minimum atomic E-state index is 0.433. The molecule has 3 heteroatoms. The molecule has 1 nitrogen and oxygen atoms in total. The van der Waals surface area contributed by atoms with E-state index in [1.54, 1.807) is 6.07 Å². The van der Waals surface area contributed by atoms with Crippen LogP contribution in [0.25, 0.3) is 0 Å². The molecule has 0 aliphatic heterocycles. The minimum absolute atomic E-state index is 0.433. The maximum absolute atomic E-state index is 6.13. The second-order valence-corrected chi connectivity index (χ2v) is 5.28. The Bertz CT molecular complexity index is 339. The molecule has 96 valence electrons. The molecular weight excluding hydrogens is 253 g/mol. The van der Waals surface area contributed by atoms with Gasteiger partial charge in [-0.05, 0) is 25.5 Å². The first-order valence-corrected chi connectivity index (χ1v) is 7.11. The fourth-order valence-corrected chi connectivity index (χ4v) is 2.19. The highest BCUT2D eigenvalue weighted by Crippen LogP contribution is 2.30. The second kappa shape index (κ2) is 7.84. The second-order valence-electron chi connectivity index (χ2n) is 4.50. The van der Waals surface area contributed by atoms with E-state index in [2.05, 4.69) is 19.2 Å². The summed E-state index contributed by atoms with van der Waals surface area (Å²) >= 11 is 12.1. The highest BCUT2D eigenvalue weighted by molar-refractivity contribution is 6.43. The summed E-state index contributed by atoms with van der Waals surface area (Å²) in [7, 11) is 0. The van der Waals surface area contributed by atoms with Gasteiger partial charge >= 0.3 is 0 Å². The number of benzene rings is 1. The normalized spacial score (nSPS) is 12.5. The first kappa shape index (κ1) is 14.7. The van der Waals surface area contributed by atoms with E-state index in [-0.39, 0.29) is 0 Å². The average molecular weight is 274 g/mol. The van der Waals surface area contributed by atoms with E-state index in [9.17, 15) is 0 Å². The molecule has 1 unspecified atom stereocenters. The first-order chi connectivity index (χ1) is 8.15. The standard InChI is InChI=1S/C14H21Cl2N/c1-3-4-5-6-8-11(2)17-13-10-7-9-12(15)14(13)16/h7,9-11,17H,3-6,8H2,1-2H3. The summed E-state index contributed by atoms with van der Waals surface area (Å²) in [6, 6.07) is 6.13. The lowest BCUT2D eigenvalue weighted by Gasteiger charge is -2.16. The molecule has 1 atom stereocenters. The number of hydrogen-bond acceptors (Lipinski definition) is 1. The fourth-order valence-electron chi connectivity index (χ4n) is 1.83. The van der Waals surface area contributed by atoms with Gasteiger partial charge in [-0.2, -0.15) is 0 Å². The molecule has 0 aliphatic carbocycles. The SMILES string of the molecule is CCCCCCC(C)Nc1cccc(Cl)c1Cl. The number of unbranched alkanes of at least 4 members (excludes halogenated alkanes) is 3. The Morgan fingerprint density at radius 2 is 1.94 bits per heavy atom. The van der Waals surface area contributed by atoms with Gasteiger partial charge in [-0.15, -0.1) is 0 Å². The predicted molar refractivity (Wildman–Crippen MR) is 78.3 cm³/mol. The zero-order chi connectivity index (χ0) is 12.7. The number of anilines is 1. The van der Waals surface area contributed by atoms with E-state index in [1.165, 1.54) is 32.1 Å². The molecule has 0 fully saturated rings. The molecule has 0 radical (unpaired) electrons. The van der Waals surface area contributed by atoms with Gasteiger partial charge in [0.05, 0.1) is 15.7 Å². The summed E-state index contributed by atoms with van der Waals surface area (Å²) in [5.41, 5.74) is 0.933. The van der Waals surface area contributed by atoms with Gasteiger partial charge < -0.3 is 5.32 Å². The van der Waals surface area contributed by atoms with Crippen LogP contribution >= 0.6 is 23.2 Å². The van der Waals surface area contributed by atoms with Crippen molar-refractivity contribution in [3.05, 3.63) is 28.2 Å². The molecule has 0 spiro atoms. The quantitative estimate of drug-likeness (QED) is 0.623. The smallest absolute Gasteiger partial charge is 0.0823 e. The number of halogens is 2. The molecule has 17 heavy (non-hydrogen) atoms. The van der Waals surface area contributed by atoms with Crippen LogP contribution in [0.5, 0.6) is 0 Å². The summed E-state index contributed by atoms with van der Waals surface area (Å²) < 4.78 is 0. The molecule has 0 heterocycles. The van der Waals surface area contributed by atoms with E-state index >= 15 is 0 Å². The van der Waals surface area contributed by atoms with E-state index in [0.717, 1.165) is 5.69 Å². The van der Waals surface area contributed by atoms with Gasteiger partial charge in [0.1, 0.15) is 0 Å². The van der Waals surface area contributed by atoms with E-state index in [0.29, 0.717) is 16.1 Å². The van der Waals surface area contributed by atoms with Crippen molar-refractivity contribution in [3.63, 3.8) is 0 Å². The van der Waals surface area contributed by atoms with Crippen molar-refractivity contribution in [2.24, 2.45) is 0 Å². The number of nitrogens with one attached hydrogen (secondary N) is 1. The van der Waals surface area contributed by atoms with E-state index < -0.39 is 0 Å². The summed E-state index contributed by atoms with van der Waals surface area (Å²) in [6.45, 7) is 4.41. The molecule has 1 rings (SSSR count). The zero-order valence-corrected chi connectivity index (χ0v) is 12.1. The lowest BCUT2D eigenvalue weighted by atomic mass is 10.1. The lowest BCUT2D eigenvalue weighted by molar-refractivity contribution is 0.594. The Hall–Kier alpha value is -0.400. The molecule has 1 N–H and O–H groups in total. The maximum Gasteiger partial charge on any atom is 0.0823 e. The van der Waals surface area contributed by atoms with Crippen LogP contribution in [-0.2, 0) is 0 Å². The van der Waals surface area contributed by atoms with Crippen LogP contribution in [0.4, 0.5) is 5.69 Å². The largest absolute Gasteiger partial charge is 0.381 e. The molecule has 0 amide bonds. The molecule has 0 aromatic heterocycles. The Morgan fingerprint density at radius 1 is 1.18 bits per heavy atom. The minimum Gasteiger partial charge on any atom is -0.381 e. The number of rotatable bonds is 7. The molecule has 0 bridgehead atoms. The summed E-state index contributed by atoms with van der Waals surface area (Å²) in [4.78, 5) is 0. The fraction of sp³-hybridized carbons (Fsp3) is 0.571. The van der Waals surface area contributed by atoms with Crippen molar-refractivity contribution in [1.29, 1.82) is 0 Å². The van der Waals surface area contributed by atoms with Crippen LogP contribution in [0.2, 0.25) is 10.0 Å². The van der Waals surface area contributed by atoms with Crippen LogP contribution < -0.4 is 5.32 Å². The summed E-state index contributed by atoms with van der Waals surface area (Å²) in [6.07, 6.45) is 6.35. The van der Waals surface area contributed by atoms with Gasteiger partial charge in [0.25, 0.3) is 0 Å². The Kier molecular flexibility index (Phi) is 6.76. The third-order valence-corrected chi connectivity index (χ3v) is 3.66. The number of hydrogen-bond donors (Lipinski definition) is 1.